The Bertz CT molecular complexity index is 677. The van der Waals surface area contributed by atoms with Crippen molar-refractivity contribution in [2.75, 3.05) is 19.5 Å². The van der Waals surface area contributed by atoms with Crippen LogP contribution in [0.15, 0.2) is 40.9 Å². The highest BCUT2D eigenvalue weighted by Gasteiger charge is 2.10. The van der Waals surface area contributed by atoms with Crippen molar-refractivity contribution >= 4 is 44.5 Å². The first-order valence-electron chi connectivity index (χ1n) is 6.13. The number of ether oxygens (including phenoxy) is 2. The van der Waals surface area contributed by atoms with Gasteiger partial charge in [0.15, 0.2) is 0 Å². The van der Waals surface area contributed by atoms with Gasteiger partial charge in [0.25, 0.3) is 0 Å². The summed E-state index contributed by atoms with van der Waals surface area (Å²) in [7, 11) is 3.22. The molecular formula is C15H15BrN2O2S. The molecule has 0 aliphatic heterocycles. The van der Waals surface area contributed by atoms with Gasteiger partial charge in [-0.2, -0.15) is 0 Å². The molecule has 21 heavy (non-hydrogen) atoms. The van der Waals surface area contributed by atoms with Crippen LogP contribution in [0.2, 0.25) is 0 Å². The molecule has 0 unspecified atom stereocenters. The van der Waals surface area contributed by atoms with Crippen molar-refractivity contribution < 1.29 is 9.47 Å². The van der Waals surface area contributed by atoms with Gasteiger partial charge in [-0.25, -0.2) is 0 Å². The smallest absolute Gasteiger partial charge is 0.145 e. The Morgan fingerprint density at radius 3 is 2.48 bits per heavy atom. The first-order valence-corrected chi connectivity index (χ1v) is 7.33. The monoisotopic (exact) mass is 366 g/mol. The lowest BCUT2D eigenvalue weighted by Crippen LogP contribution is -2.12. The Labute approximate surface area is 137 Å². The molecule has 2 rings (SSSR count). The second-order valence-corrected chi connectivity index (χ2v) is 5.60. The minimum Gasteiger partial charge on any atom is -0.497 e. The number of hydrogen-bond acceptors (Lipinski definition) is 4. The molecule has 0 saturated heterocycles. The largest absolute Gasteiger partial charge is 0.497 e. The van der Waals surface area contributed by atoms with Crippen molar-refractivity contribution in [3.63, 3.8) is 0 Å². The van der Waals surface area contributed by atoms with E-state index in [2.05, 4.69) is 21.2 Å². The normalized spacial score (nSPS) is 10.0. The van der Waals surface area contributed by atoms with Crippen LogP contribution in [0.3, 0.4) is 0 Å². The lowest BCUT2D eigenvalue weighted by Gasteiger charge is -2.15. The Morgan fingerprint density at radius 1 is 1.10 bits per heavy atom. The fourth-order valence-electron chi connectivity index (χ4n) is 1.88. The standard InChI is InChI=1S/C15H15BrN2O2S/c1-19-10-4-6-12(14(8-10)20-2)18-13-7-9(16)3-5-11(13)15(17)21/h3-8,18H,1-2H3,(H2,17,21). The van der Waals surface area contributed by atoms with E-state index in [1.54, 1.807) is 20.3 Å². The van der Waals surface area contributed by atoms with Gasteiger partial charge in [0.1, 0.15) is 16.5 Å². The fourth-order valence-corrected chi connectivity index (χ4v) is 2.42. The summed E-state index contributed by atoms with van der Waals surface area (Å²) in [5, 5.41) is 3.29. The van der Waals surface area contributed by atoms with Crippen LogP contribution >= 0.6 is 28.1 Å². The lowest BCUT2D eigenvalue weighted by molar-refractivity contribution is 0.395. The van der Waals surface area contributed by atoms with Gasteiger partial charge in [-0.15, -0.1) is 0 Å². The average molecular weight is 367 g/mol. The van der Waals surface area contributed by atoms with Crippen LogP contribution in [0.5, 0.6) is 11.5 Å². The van der Waals surface area contributed by atoms with Crippen LogP contribution in [0.1, 0.15) is 5.56 Å². The number of halogens is 1. The van der Waals surface area contributed by atoms with Gasteiger partial charge in [-0.3, -0.25) is 0 Å². The summed E-state index contributed by atoms with van der Waals surface area (Å²) in [6.45, 7) is 0. The van der Waals surface area contributed by atoms with E-state index in [1.165, 1.54) is 0 Å². The molecule has 0 fully saturated rings. The molecule has 0 aliphatic carbocycles. The van der Waals surface area contributed by atoms with Gasteiger partial charge >= 0.3 is 0 Å². The molecule has 4 nitrogen and oxygen atoms in total. The van der Waals surface area contributed by atoms with Crippen molar-refractivity contribution in [2.24, 2.45) is 5.73 Å². The van der Waals surface area contributed by atoms with Gasteiger partial charge in [0.2, 0.25) is 0 Å². The maximum absolute atomic E-state index is 5.76. The Kier molecular flexibility index (Phi) is 5.03. The van der Waals surface area contributed by atoms with Crippen LogP contribution in [0, 0.1) is 0 Å². The number of anilines is 2. The average Bonchev–Trinajstić information content (AvgIpc) is 2.47. The third kappa shape index (κ3) is 3.65. The number of benzene rings is 2. The van der Waals surface area contributed by atoms with Crippen LogP contribution < -0.4 is 20.5 Å². The predicted octanol–water partition coefficient (Wildman–Crippen LogP) is 3.84. The minimum atomic E-state index is 0.331. The molecule has 0 bridgehead atoms. The Balaban J connectivity index is 2.42. The molecule has 0 aromatic heterocycles. The van der Waals surface area contributed by atoms with E-state index in [0.717, 1.165) is 27.2 Å². The van der Waals surface area contributed by atoms with Gasteiger partial charge in [-0.1, -0.05) is 28.1 Å². The summed E-state index contributed by atoms with van der Waals surface area (Å²) in [5.41, 5.74) is 8.13. The number of thiocarbonyl (C=S) groups is 1. The summed E-state index contributed by atoms with van der Waals surface area (Å²) in [6.07, 6.45) is 0. The van der Waals surface area contributed by atoms with E-state index in [0.29, 0.717) is 10.7 Å². The summed E-state index contributed by atoms with van der Waals surface area (Å²) in [5.74, 6) is 1.39. The fraction of sp³-hybridized carbons (Fsp3) is 0.133. The molecule has 2 aromatic rings. The highest BCUT2D eigenvalue weighted by Crippen LogP contribution is 2.33. The van der Waals surface area contributed by atoms with Crippen molar-refractivity contribution in [3.8, 4) is 11.5 Å². The van der Waals surface area contributed by atoms with Crippen molar-refractivity contribution in [2.45, 2.75) is 0 Å². The first kappa shape index (κ1) is 15.6. The van der Waals surface area contributed by atoms with Gasteiger partial charge in [-0.05, 0) is 30.3 Å². The molecule has 0 radical (unpaired) electrons. The van der Waals surface area contributed by atoms with E-state index >= 15 is 0 Å². The molecule has 0 amide bonds. The number of hydrogen-bond donors (Lipinski definition) is 2. The molecule has 0 spiro atoms. The molecule has 0 atom stereocenters. The number of rotatable bonds is 5. The molecule has 6 heteroatoms. The zero-order valence-electron chi connectivity index (χ0n) is 11.6. The second-order valence-electron chi connectivity index (χ2n) is 4.25. The van der Waals surface area contributed by atoms with Crippen LogP contribution in [-0.2, 0) is 0 Å². The first-order chi connectivity index (χ1) is 10.0. The quantitative estimate of drug-likeness (QED) is 0.787. The van der Waals surface area contributed by atoms with Crippen LogP contribution in [-0.4, -0.2) is 19.2 Å². The summed E-state index contributed by atoms with van der Waals surface area (Å²) in [6, 6.07) is 11.2. The zero-order chi connectivity index (χ0) is 15.4. The summed E-state index contributed by atoms with van der Waals surface area (Å²) in [4.78, 5) is 0.331. The maximum atomic E-state index is 5.76. The molecule has 3 N–H and O–H groups in total. The molecule has 0 saturated carbocycles. The number of nitrogens with two attached hydrogens (primary N) is 1. The number of nitrogens with one attached hydrogen (secondary N) is 1. The van der Waals surface area contributed by atoms with Gasteiger partial charge in [0, 0.05) is 21.8 Å². The SMILES string of the molecule is COc1ccc(Nc2cc(Br)ccc2C(N)=S)c(OC)c1. The van der Waals surface area contributed by atoms with E-state index in [4.69, 9.17) is 27.4 Å². The van der Waals surface area contributed by atoms with E-state index in [9.17, 15) is 0 Å². The van der Waals surface area contributed by atoms with E-state index in [1.807, 2.05) is 30.3 Å². The Hall–Kier alpha value is -1.79. The third-order valence-electron chi connectivity index (χ3n) is 2.93. The second kappa shape index (κ2) is 6.78. The van der Waals surface area contributed by atoms with Crippen LogP contribution in [0.25, 0.3) is 0 Å². The predicted molar refractivity (Wildman–Crippen MR) is 92.9 cm³/mol. The molecular weight excluding hydrogens is 352 g/mol. The maximum Gasteiger partial charge on any atom is 0.145 e. The Morgan fingerprint density at radius 2 is 1.86 bits per heavy atom. The number of methoxy groups -OCH3 is 2. The van der Waals surface area contributed by atoms with Crippen molar-refractivity contribution in [1.82, 2.24) is 0 Å². The summed E-state index contributed by atoms with van der Waals surface area (Å²) >= 11 is 8.52. The lowest BCUT2D eigenvalue weighted by atomic mass is 10.1. The molecule has 2 aromatic carbocycles. The topological polar surface area (TPSA) is 56.5 Å². The highest BCUT2D eigenvalue weighted by molar-refractivity contribution is 9.10. The van der Waals surface area contributed by atoms with Crippen molar-refractivity contribution in [1.29, 1.82) is 0 Å². The third-order valence-corrected chi connectivity index (χ3v) is 3.64. The van der Waals surface area contributed by atoms with E-state index < -0.39 is 0 Å². The van der Waals surface area contributed by atoms with E-state index in [-0.39, 0.29) is 0 Å². The van der Waals surface area contributed by atoms with Crippen LogP contribution in [0.4, 0.5) is 11.4 Å². The highest BCUT2D eigenvalue weighted by atomic mass is 79.9. The van der Waals surface area contributed by atoms with Gasteiger partial charge in [0.05, 0.1) is 19.9 Å². The summed E-state index contributed by atoms with van der Waals surface area (Å²) < 4.78 is 11.5. The zero-order valence-corrected chi connectivity index (χ0v) is 14.0. The molecule has 0 aliphatic rings. The molecule has 0 heterocycles. The minimum absolute atomic E-state index is 0.331. The molecule has 110 valence electrons. The van der Waals surface area contributed by atoms with Gasteiger partial charge < -0.3 is 20.5 Å². The van der Waals surface area contributed by atoms with Crippen molar-refractivity contribution in [3.05, 3.63) is 46.4 Å².